The van der Waals surface area contributed by atoms with Gasteiger partial charge in [0.1, 0.15) is 6.61 Å². The molecule has 0 bridgehead atoms. The first kappa shape index (κ1) is 11.7. The summed E-state index contributed by atoms with van der Waals surface area (Å²) in [6, 6.07) is 0. The molecule has 2 heterocycles. The minimum absolute atomic E-state index is 0.119. The summed E-state index contributed by atoms with van der Waals surface area (Å²) in [7, 11) is 0. The smallest absolute Gasteiger partial charge is 0.409 e. The molecule has 0 aromatic heterocycles. The summed E-state index contributed by atoms with van der Waals surface area (Å²) in [6.07, 6.45) is 3.60. The molecule has 0 unspecified atom stereocenters. The Labute approximate surface area is 97.5 Å². The predicted octanol–water partition coefficient (Wildman–Crippen LogP) is 1.56. The van der Waals surface area contributed by atoms with Crippen molar-refractivity contribution in [3.05, 3.63) is 0 Å². The van der Waals surface area contributed by atoms with E-state index < -0.39 is 0 Å². The van der Waals surface area contributed by atoms with Crippen LogP contribution < -0.4 is 0 Å². The van der Waals surface area contributed by atoms with Gasteiger partial charge >= 0.3 is 6.09 Å². The molecule has 4 heteroatoms. The molecule has 0 radical (unpaired) electrons. The van der Waals surface area contributed by atoms with Gasteiger partial charge in [-0.05, 0) is 44.8 Å². The van der Waals surface area contributed by atoms with Crippen LogP contribution in [0.1, 0.15) is 26.2 Å². The molecule has 0 N–H and O–H groups in total. The van der Waals surface area contributed by atoms with E-state index in [4.69, 9.17) is 4.74 Å². The predicted molar refractivity (Wildman–Crippen MR) is 62.4 cm³/mol. The van der Waals surface area contributed by atoms with Gasteiger partial charge in [0, 0.05) is 6.54 Å². The lowest BCUT2D eigenvalue weighted by molar-refractivity contribution is 0.150. The number of rotatable bonds is 4. The van der Waals surface area contributed by atoms with Crippen molar-refractivity contribution in [1.29, 1.82) is 0 Å². The van der Waals surface area contributed by atoms with E-state index in [1.54, 1.807) is 0 Å². The maximum atomic E-state index is 11.2. The highest BCUT2D eigenvalue weighted by atomic mass is 16.6. The largest absolute Gasteiger partial charge is 0.448 e. The molecule has 2 fully saturated rings. The minimum Gasteiger partial charge on any atom is -0.448 e. The molecule has 16 heavy (non-hydrogen) atoms. The van der Waals surface area contributed by atoms with Crippen molar-refractivity contribution in [1.82, 2.24) is 9.80 Å². The summed E-state index contributed by atoms with van der Waals surface area (Å²) in [5.74, 6) is 0.802. The van der Waals surface area contributed by atoms with Crippen molar-refractivity contribution in [2.24, 2.45) is 5.92 Å². The summed E-state index contributed by atoms with van der Waals surface area (Å²) in [5, 5.41) is 0. The van der Waals surface area contributed by atoms with Gasteiger partial charge in [0.2, 0.25) is 0 Å². The van der Waals surface area contributed by atoms with E-state index in [0.717, 1.165) is 25.4 Å². The quantitative estimate of drug-likeness (QED) is 0.729. The van der Waals surface area contributed by atoms with Crippen molar-refractivity contribution >= 4 is 6.09 Å². The molecule has 0 atom stereocenters. The number of cyclic esters (lactones) is 1. The normalized spacial score (nSPS) is 23.8. The summed E-state index contributed by atoms with van der Waals surface area (Å²) >= 11 is 0. The van der Waals surface area contributed by atoms with E-state index in [1.165, 1.54) is 32.5 Å². The third-order valence-corrected chi connectivity index (χ3v) is 3.81. The zero-order valence-corrected chi connectivity index (χ0v) is 10.2. The Morgan fingerprint density at radius 3 is 2.62 bits per heavy atom. The molecule has 0 saturated carbocycles. The molecule has 0 aliphatic carbocycles. The van der Waals surface area contributed by atoms with Crippen molar-refractivity contribution in [3.63, 3.8) is 0 Å². The SMILES string of the molecule is CCN1CCC(CCN2CCOC2=O)CC1. The van der Waals surface area contributed by atoms with E-state index in [9.17, 15) is 4.79 Å². The average molecular weight is 226 g/mol. The van der Waals surface area contributed by atoms with Crippen LogP contribution in [0.2, 0.25) is 0 Å². The zero-order chi connectivity index (χ0) is 11.4. The van der Waals surface area contributed by atoms with Crippen LogP contribution in [0.25, 0.3) is 0 Å². The Balaban J connectivity index is 1.65. The van der Waals surface area contributed by atoms with Crippen molar-refractivity contribution in [2.45, 2.75) is 26.2 Å². The summed E-state index contributed by atoms with van der Waals surface area (Å²) in [6.45, 7) is 8.10. The molecule has 2 aliphatic rings. The van der Waals surface area contributed by atoms with E-state index in [-0.39, 0.29) is 6.09 Å². The molecular formula is C12H22N2O2. The first-order valence-electron chi connectivity index (χ1n) is 6.43. The Hall–Kier alpha value is -0.770. The van der Waals surface area contributed by atoms with Crippen LogP contribution >= 0.6 is 0 Å². The molecule has 4 nitrogen and oxygen atoms in total. The van der Waals surface area contributed by atoms with Crippen LogP contribution in [0, 0.1) is 5.92 Å². The fourth-order valence-corrected chi connectivity index (χ4v) is 2.56. The molecular weight excluding hydrogens is 204 g/mol. The maximum absolute atomic E-state index is 11.2. The van der Waals surface area contributed by atoms with Gasteiger partial charge in [0.15, 0.2) is 0 Å². The minimum atomic E-state index is -0.119. The fraction of sp³-hybridized carbons (Fsp3) is 0.917. The third-order valence-electron chi connectivity index (χ3n) is 3.81. The number of hydrogen-bond donors (Lipinski definition) is 0. The van der Waals surface area contributed by atoms with Gasteiger partial charge in [-0.1, -0.05) is 6.92 Å². The Bertz CT molecular complexity index is 237. The molecule has 0 aromatic rings. The van der Waals surface area contributed by atoms with Gasteiger partial charge < -0.3 is 14.5 Å². The fourth-order valence-electron chi connectivity index (χ4n) is 2.56. The zero-order valence-electron chi connectivity index (χ0n) is 10.2. The number of carbonyl (C=O) groups excluding carboxylic acids is 1. The third kappa shape index (κ3) is 2.88. The van der Waals surface area contributed by atoms with Crippen molar-refractivity contribution in [3.8, 4) is 0 Å². The Kier molecular flexibility index (Phi) is 4.04. The molecule has 0 spiro atoms. The van der Waals surface area contributed by atoms with Crippen molar-refractivity contribution in [2.75, 3.05) is 39.3 Å². The second kappa shape index (κ2) is 5.53. The molecule has 2 saturated heterocycles. The van der Waals surface area contributed by atoms with Crippen LogP contribution in [0.3, 0.4) is 0 Å². The maximum Gasteiger partial charge on any atom is 0.409 e. The number of hydrogen-bond acceptors (Lipinski definition) is 3. The van der Waals surface area contributed by atoms with Gasteiger partial charge in [-0.25, -0.2) is 4.79 Å². The van der Waals surface area contributed by atoms with Crippen LogP contribution in [0.5, 0.6) is 0 Å². The van der Waals surface area contributed by atoms with Gasteiger partial charge in [0.25, 0.3) is 0 Å². The van der Waals surface area contributed by atoms with Crippen molar-refractivity contribution < 1.29 is 9.53 Å². The molecule has 2 aliphatic heterocycles. The van der Waals surface area contributed by atoms with E-state index in [0.29, 0.717) is 6.61 Å². The number of nitrogens with zero attached hydrogens (tertiary/aromatic N) is 2. The Morgan fingerprint density at radius 2 is 2.06 bits per heavy atom. The summed E-state index contributed by atoms with van der Waals surface area (Å²) < 4.78 is 4.92. The van der Waals surface area contributed by atoms with E-state index >= 15 is 0 Å². The molecule has 92 valence electrons. The first-order chi connectivity index (χ1) is 7.79. The summed E-state index contributed by atoms with van der Waals surface area (Å²) in [5.41, 5.74) is 0. The van der Waals surface area contributed by atoms with Gasteiger partial charge in [-0.15, -0.1) is 0 Å². The number of likely N-dealkylation sites (tertiary alicyclic amines) is 1. The lowest BCUT2D eigenvalue weighted by Gasteiger charge is -2.31. The second-order valence-corrected chi connectivity index (χ2v) is 4.77. The van der Waals surface area contributed by atoms with E-state index in [2.05, 4.69) is 11.8 Å². The van der Waals surface area contributed by atoms with Crippen LogP contribution in [0.15, 0.2) is 0 Å². The van der Waals surface area contributed by atoms with Gasteiger partial charge in [-0.3, -0.25) is 0 Å². The second-order valence-electron chi connectivity index (χ2n) is 4.77. The highest BCUT2D eigenvalue weighted by Gasteiger charge is 2.24. The highest BCUT2D eigenvalue weighted by molar-refractivity contribution is 5.69. The highest BCUT2D eigenvalue weighted by Crippen LogP contribution is 2.21. The van der Waals surface area contributed by atoms with E-state index in [1.807, 2.05) is 4.90 Å². The number of amides is 1. The Morgan fingerprint density at radius 1 is 1.31 bits per heavy atom. The van der Waals surface area contributed by atoms with Gasteiger partial charge in [-0.2, -0.15) is 0 Å². The summed E-state index contributed by atoms with van der Waals surface area (Å²) in [4.78, 5) is 15.6. The molecule has 2 rings (SSSR count). The number of carbonyl (C=O) groups is 1. The number of piperidine rings is 1. The lowest BCUT2D eigenvalue weighted by Crippen LogP contribution is -2.35. The first-order valence-corrected chi connectivity index (χ1v) is 6.43. The molecule has 0 aromatic carbocycles. The molecule has 1 amide bonds. The average Bonchev–Trinajstić information content (AvgIpc) is 2.73. The standard InChI is InChI=1S/C12H22N2O2/c1-2-13-6-3-11(4-7-13)5-8-14-9-10-16-12(14)15/h11H,2-10H2,1H3. The van der Waals surface area contributed by atoms with Gasteiger partial charge in [0.05, 0.1) is 6.54 Å². The van der Waals surface area contributed by atoms with Crippen LogP contribution in [-0.4, -0.2) is 55.2 Å². The van der Waals surface area contributed by atoms with Crippen LogP contribution in [0.4, 0.5) is 4.79 Å². The lowest BCUT2D eigenvalue weighted by atomic mass is 9.93. The van der Waals surface area contributed by atoms with Crippen LogP contribution in [-0.2, 0) is 4.74 Å². The topological polar surface area (TPSA) is 32.8 Å². The number of ether oxygens (including phenoxy) is 1. The monoisotopic (exact) mass is 226 g/mol.